The molecule has 184 valence electrons. The lowest BCUT2D eigenvalue weighted by molar-refractivity contribution is -0.136. The minimum Gasteiger partial charge on any atom is -0.370 e. The molecule has 1 atom stereocenters. The van der Waals surface area contributed by atoms with E-state index in [0.717, 1.165) is 56.8 Å². The number of likely N-dealkylation sites (tertiary alicyclic amines) is 1. The summed E-state index contributed by atoms with van der Waals surface area (Å²) in [5, 5.41) is 11.5. The minimum absolute atomic E-state index is 0.126. The predicted molar refractivity (Wildman–Crippen MR) is 133 cm³/mol. The third-order valence-corrected chi connectivity index (χ3v) is 8.30. The summed E-state index contributed by atoms with van der Waals surface area (Å²) in [6, 6.07) is 15.5. The molecule has 0 radical (unpaired) electrons. The van der Waals surface area contributed by atoms with Gasteiger partial charge in [-0.3, -0.25) is 24.6 Å². The van der Waals surface area contributed by atoms with Gasteiger partial charge in [0.25, 0.3) is 5.91 Å². The number of hydrogen-bond donors (Lipinski definition) is 1. The molecule has 4 heterocycles. The number of rotatable bonds is 4. The zero-order valence-corrected chi connectivity index (χ0v) is 20.2. The molecule has 0 bridgehead atoms. The van der Waals surface area contributed by atoms with Crippen molar-refractivity contribution in [3.05, 3.63) is 64.7 Å². The second kappa shape index (κ2) is 8.75. The van der Waals surface area contributed by atoms with Crippen molar-refractivity contribution >= 4 is 23.4 Å². The molecule has 3 fully saturated rings. The van der Waals surface area contributed by atoms with Crippen molar-refractivity contribution < 1.29 is 14.4 Å². The van der Waals surface area contributed by atoms with E-state index in [2.05, 4.69) is 33.3 Å². The highest BCUT2D eigenvalue weighted by Crippen LogP contribution is 2.43. The Morgan fingerprint density at radius 3 is 2.61 bits per heavy atom. The normalized spacial score (nSPS) is 23.3. The maximum absolute atomic E-state index is 13.0. The molecule has 0 aliphatic carbocycles. The fourth-order valence-corrected chi connectivity index (χ4v) is 6.20. The number of nitriles is 1. The van der Waals surface area contributed by atoms with Crippen LogP contribution in [0.3, 0.4) is 0 Å². The van der Waals surface area contributed by atoms with Gasteiger partial charge >= 0.3 is 0 Å². The van der Waals surface area contributed by atoms with Crippen LogP contribution in [0.15, 0.2) is 42.5 Å². The summed E-state index contributed by atoms with van der Waals surface area (Å²) in [5.41, 5.74) is 5.00. The average molecular weight is 484 g/mol. The summed E-state index contributed by atoms with van der Waals surface area (Å²) < 4.78 is 0. The van der Waals surface area contributed by atoms with Crippen LogP contribution in [0.1, 0.15) is 52.7 Å². The molecule has 1 spiro atoms. The van der Waals surface area contributed by atoms with Crippen LogP contribution in [0, 0.1) is 16.7 Å². The van der Waals surface area contributed by atoms with Crippen molar-refractivity contribution in [3.63, 3.8) is 0 Å². The maximum atomic E-state index is 13.0. The molecule has 2 aromatic rings. The molecule has 4 aliphatic rings. The molecule has 36 heavy (non-hydrogen) atoms. The number of fused-ring (bicyclic) bond motifs is 1. The van der Waals surface area contributed by atoms with Gasteiger partial charge in [-0.15, -0.1) is 0 Å². The van der Waals surface area contributed by atoms with Gasteiger partial charge in [0, 0.05) is 49.3 Å². The van der Waals surface area contributed by atoms with Crippen molar-refractivity contribution in [2.24, 2.45) is 5.41 Å². The Balaban J connectivity index is 1.05. The van der Waals surface area contributed by atoms with Gasteiger partial charge in [-0.1, -0.05) is 12.1 Å². The molecule has 1 unspecified atom stereocenters. The summed E-state index contributed by atoms with van der Waals surface area (Å²) >= 11 is 0. The first-order chi connectivity index (χ1) is 17.4. The highest BCUT2D eigenvalue weighted by atomic mass is 16.2. The van der Waals surface area contributed by atoms with Gasteiger partial charge in [-0.25, -0.2) is 0 Å². The Morgan fingerprint density at radius 2 is 1.86 bits per heavy atom. The van der Waals surface area contributed by atoms with Crippen LogP contribution in [-0.2, 0) is 22.7 Å². The molecular weight excluding hydrogens is 454 g/mol. The summed E-state index contributed by atoms with van der Waals surface area (Å²) in [6.07, 6.45) is 2.97. The monoisotopic (exact) mass is 483 g/mol. The highest BCUT2D eigenvalue weighted by Gasteiger charge is 2.45. The molecule has 4 aliphatic heterocycles. The summed E-state index contributed by atoms with van der Waals surface area (Å²) in [5.74, 6) is -0.770. The van der Waals surface area contributed by atoms with E-state index in [-0.39, 0.29) is 24.1 Å². The van der Waals surface area contributed by atoms with Crippen LogP contribution in [-0.4, -0.2) is 59.7 Å². The van der Waals surface area contributed by atoms with Crippen molar-refractivity contribution in [2.45, 2.75) is 44.8 Å². The zero-order valence-electron chi connectivity index (χ0n) is 20.2. The number of piperidine rings is 2. The molecule has 2 aromatic carbocycles. The summed E-state index contributed by atoms with van der Waals surface area (Å²) in [7, 11) is 0. The standard InChI is InChI=1S/C28H29N5O3/c29-14-19-2-1-3-20(12-19)15-31-10-8-28(9-11-31)17-32(18-28)22-4-5-23-21(13-22)16-33(27(23)36)24-6-7-25(34)30-26(24)35/h1-5,12-13,24H,6-11,15-18H2,(H,30,34,35). The highest BCUT2D eigenvalue weighted by molar-refractivity contribution is 6.05. The van der Waals surface area contributed by atoms with Gasteiger partial charge < -0.3 is 9.80 Å². The smallest absolute Gasteiger partial charge is 0.255 e. The number of carbonyl (C=O) groups excluding carboxylic acids is 3. The number of hydrogen-bond acceptors (Lipinski definition) is 6. The summed E-state index contributed by atoms with van der Waals surface area (Å²) in [6.45, 7) is 5.46. The SMILES string of the molecule is N#Cc1cccc(CN2CCC3(CC2)CN(c2ccc4c(c2)CN(C2CCC(=O)NC2=O)C4=O)C3)c1. The van der Waals surface area contributed by atoms with Crippen molar-refractivity contribution in [3.8, 4) is 6.07 Å². The Kier molecular flexibility index (Phi) is 5.53. The first-order valence-electron chi connectivity index (χ1n) is 12.7. The number of nitrogens with one attached hydrogen (secondary N) is 1. The van der Waals surface area contributed by atoms with E-state index in [4.69, 9.17) is 5.26 Å². The van der Waals surface area contributed by atoms with Crippen molar-refractivity contribution in [1.29, 1.82) is 5.26 Å². The lowest BCUT2D eigenvalue weighted by Gasteiger charge is -2.55. The Bertz CT molecular complexity index is 1280. The van der Waals surface area contributed by atoms with Crippen molar-refractivity contribution in [2.75, 3.05) is 31.1 Å². The number of amides is 3. The minimum atomic E-state index is -0.578. The molecule has 3 saturated heterocycles. The zero-order chi connectivity index (χ0) is 24.9. The average Bonchev–Trinajstić information content (AvgIpc) is 3.18. The molecule has 8 heteroatoms. The predicted octanol–water partition coefficient (Wildman–Crippen LogP) is 2.42. The number of benzene rings is 2. The second-order valence-corrected chi connectivity index (χ2v) is 10.7. The summed E-state index contributed by atoms with van der Waals surface area (Å²) in [4.78, 5) is 43.2. The molecule has 0 aromatic heterocycles. The van der Waals surface area contributed by atoms with Gasteiger partial charge in [-0.05, 0) is 73.8 Å². The number of anilines is 1. The van der Waals surface area contributed by atoms with Crippen LogP contribution < -0.4 is 10.2 Å². The second-order valence-electron chi connectivity index (χ2n) is 10.7. The van der Waals surface area contributed by atoms with Crippen LogP contribution in [0.5, 0.6) is 0 Å². The van der Waals surface area contributed by atoms with E-state index in [0.29, 0.717) is 29.5 Å². The molecule has 3 amide bonds. The largest absolute Gasteiger partial charge is 0.370 e. The van der Waals surface area contributed by atoms with Gasteiger partial charge in [0.2, 0.25) is 11.8 Å². The van der Waals surface area contributed by atoms with E-state index in [1.807, 2.05) is 30.3 Å². The fourth-order valence-electron chi connectivity index (χ4n) is 6.20. The van der Waals surface area contributed by atoms with Gasteiger partial charge in [-0.2, -0.15) is 5.26 Å². The van der Waals surface area contributed by atoms with Crippen molar-refractivity contribution in [1.82, 2.24) is 15.1 Å². The first-order valence-corrected chi connectivity index (χ1v) is 12.7. The van der Waals surface area contributed by atoms with Gasteiger partial charge in [0.1, 0.15) is 6.04 Å². The molecule has 1 N–H and O–H groups in total. The quantitative estimate of drug-likeness (QED) is 0.671. The molecule has 6 rings (SSSR count). The third-order valence-electron chi connectivity index (χ3n) is 8.30. The number of carbonyl (C=O) groups is 3. The Labute approximate surface area is 210 Å². The van der Waals surface area contributed by atoms with E-state index >= 15 is 0 Å². The lowest BCUT2D eigenvalue weighted by atomic mass is 9.71. The van der Waals surface area contributed by atoms with Crippen LogP contribution in [0.4, 0.5) is 5.69 Å². The van der Waals surface area contributed by atoms with E-state index in [1.165, 1.54) is 5.56 Å². The number of imide groups is 1. The van der Waals surface area contributed by atoms with Gasteiger partial charge in [0.05, 0.1) is 11.6 Å². The van der Waals surface area contributed by atoms with E-state index < -0.39 is 6.04 Å². The third kappa shape index (κ3) is 4.03. The van der Waals surface area contributed by atoms with Crippen LogP contribution in [0.2, 0.25) is 0 Å². The Hall–Kier alpha value is -3.70. The van der Waals surface area contributed by atoms with Crippen LogP contribution in [0.25, 0.3) is 0 Å². The molecule has 0 saturated carbocycles. The van der Waals surface area contributed by atoms with E-state index in [1.54, 1.807) is 4.90 Å². The van der Waals surface area contributed by atoms with Crippen LogP contribution >= 0.6 is 0 Å². The lowest BCUT2D eigenvalue weighted by Crippen LogP contribution is -2.60. The number of nitrogens with zero attached hydrogens (tertiary/aromatic N) is 4. The fraction of sp³-hybridized carbons (Fsp3) is 0.429. The Morgan fingerprint density at radius 1 is 1.06 bits per heavy atom. The topological polar surface area (TPSA) is 96.8 Å². The van der Waals surface area contributed by atoms with E-state index in [9.17, 15) is 14.4 Å². The first kappa shape index (κ1) is 22.7. The molecular formula is C28H29N5O3. The van der Waals surface area contributed by atoms with Gasteiger partial charge in [0.15, 0.2) is 0 Å². The maximum Gasteiger partial charge on any atom is 0.255 e. The molecule has 8 nitrogen and oxygen atoms in total.